The van der Waals surface area contributed by atoms with Gasteiger partial charge in [-0.25, -0.2) is 4.98 Å². The summed E-state index contributed by atoms with van der Waals surface area (Å²) in [7, 11) is 1.99. The van der Waals surface area contributed by atoms with Gasteiger partial charge < -0.3 is 4.57 Å². The standard InChI is InChI=1S/C16H21BrN2/c1-10-7-12(16(3,4)5)8-11(2)13(10)14-15(17)19(6)9-18-14/h7-9H,1-6H3. The Morgan fingerprint density at radius 3 is 2.00 bits per heavy atom. The first kappa shape index (κ1) is 14.3. The molecule has 2 nitrogen and oxygen atoms in total. The average Bonchev–Trinajstić information content (AvgIpc) is 2.59. The SMILES string of the molecule is Cc1cc(C(C)(C)C)cc(C)c1-c1ncn(C)c1Br. The van der Waals surface area contributed by atoms with Crippen molar-refractivity contribution in [2.45, 2.75) is 40.0 Å². The third kappa shape index (κ3) is 2.62. The Balaban J connectivity index is 2.64. The van der Waals surface area contributed by atoms with Crippen LogP contribution in [0.1, 0.15) is 37.5 Å². The van der Waals surface area contributed by atoms with Gasteiger partial charge >= 0.3 is 0 Å². The lowest BCUT2D eigenvalue weighted by molar-refractivity contribution is 0.589. The maximum absolute atomic E-state index is 4.52. The van der Waals surface area contributed by atoms with Crippen LogP contribution in [0, 0.1) is 13.8 Å². The summed E-state index contributed by atoms with van der Waals surface area (Å²) in [5, 5.41) is 0. The fraction of sp³-hybridized carbons (Fsp3) is 0.438. The molecule has 0 N–H and O–H groups in total. The van der Waals surface area contributed by atoms with E-state index in [1.54, 1.807) is 0 Å². The maximum Gasteiger partial charge on any atom is 0.112 e. The van der Waals surface area contributed by atoms with E-state index in [9.17, 15) is 0 Å². The molecule has 1 aromatic heterocycles. The summed E-state index contributed by atoms with van der Waals surface area (Å²) in [4.78, 5) is 4.52. The molecule has 0 unspecified atom stereocenters. The Labute approximate surface area is 124 Å². The lowest BCUT2D eigenvalue weighted by Gasteiger charge is -2.22. The van der Waals surface area contributed by atoms with Crippen molar-refractivity contribution >= 4 is 15.9 Å². The molecule has 3 heteroatoms. The number of hydrogen-bond acceptors (Lipinski definition) is 1. The number of nitrogens with zero attached hydrogens (tertiary/aromatic N) is 2. The van der Waals surface area contributed by atoms with Gasteiger partial charge in [0.2, 0.25) is 0 Å². The van der Waals surface area contributed by atoms with Crippen LogP contribution in [0.25, 0.3) is 11.3 Å². The molecule has 0 bridgehead atoms. The molecular formula is C16H21BrN2. The van der Waals surface area contributed by atoms with E-state index in [0.29, 0.717) is 0 Å². The molecule has 102 valence electrons. The lowest BCUT2D eigenvalue weighted by atomic mass is 9.83. The molecule has 1 aromatic carbocycles. The Hall–Kier alpha value is -1.09. The molecule has 0 aliphatic carbocycles. The van der Waals surface area contributed by atoms with Crippen LogP contribution in [0.4, 0.5) is 0 Å². The normalized spacial score (nSPS) is 11.9. The van der Waals surface area contributed by atoms with Gasteiger partial charge in [-0.15, -0.1) is 0 Å². The molecule has 19 heavy (non-hydrogen) atoms. The van der Waals surface area contributed by atoms with E-state index in [1.165, 1.54) is 22.3 Å². The van der Waals surface area contributed by atoms with Crippen LogP contribution in [0.3, 0.4) is 0 Å². The first-order valence-corrected chi connectivity index (χ1v) is 7.30. The van der Waals surface area contributed by atoms with Crippen molar-refractivity contribution in [2.24, 2.45) is 7.05 Å². The highest BCUT2D eigenvalue weighted by Crippen LogP contribution is 2.35. The Morgan fingerprint density at radius 1 is 1.11 bits per heavy atom. The first-order chi connectivity index (χ1) is 8.71. The monoisotopic (exact) mass is 320 g/mol. The molecule has 2 aromatic rings. The van der Waals surface area contributed by atoms with Gasteiger partial charge in [-0.3, -0.25) is 0 Å². The Bertz CT molecular complexity index is 595. The number of imidazole rings is 1. The minimum Gasteiger partial charge on any atom is -0.328 e. The van der Waals surface area contributed by atoms with Gasteiger partial charge in [0.1, 0.15) is 10.3 Å². The highest BCUT2D eigenvalue weighted by Gasteiger charge is 2.19. The summed E-state index contributed by atoms with van der Waals surface area (Å²) in [5.74, 6) is 0. The van der Waals surface area contributed by atoms with Crippen LogP contribution < -0.4 is 0 Å². The topological polar surface area (TPSA) is 17.8 Å². The fourth-order valence-electron chi connectivity index (χ4n) is 2.35. The summed E-state index contributed by atoms with van der Waals surface area (Å²) < 4.78 is 3.02. The van der Waals surface area contributed by atoms with Crippen LogP contribution in [0.5, 0.6) is 0 Å². The second-order valence-corrected chi connectivity index (χ2v) is 6.98. The Kier molecular flexibility index (Phi) is 3.61. The summed E-state index contributed by atoms with van der Waals surface area (Å²) in [5.41, 5.74) is 6.38. The molecule has 0 saturated carbocycles. The van der Waals surface area contributed by atoms with Crippen molar-refractivity contribution in [3.05, 3.63) is 39.8 Å². The third-order valence-corrected chi connectivity index (χ3v) is 4.44. The molecule has 0 amide bonds. The van der Waals surface area contributed by atoms with E-state index in [0.717, 1.165) is 10.3 Å². The van der Waals surface area contributed by atoms with E-state index >= 15 is 0 Å². The molecule has 0 aliphatic heterocycles. The zero-order chi connectivity index (χ0) is 14.4. The molecule has 0 saturated heterocycles. The molecule has 1 heterocycles. The van der Waals surface area contributed by atoms with Gasteiger partial charge in [0.15, 0.2) is 0 Å². The minimum absolute atomic E-state index is 0.176. The smallest absolute Gasteiger partial charge is 0.112 e. The van der Waals surface area contributed by atoms with Crippen molar-refractivity contribution in [1.29, 1.82) is 0 Å². The highest BCUT2D eigenvalue weighted by atomic mass is 79.9. The largest absolute Gasteiger partial charge is 0.328 e. The molecule has 0 atom stereocenters. The summed E-state index contributed by atoms with van der Waals surface area (Å²) >= 11 is 3.61. The van der Waals surface area contributed by atoms with E-state index < -0.39 is 0 Å². The Morgan fingerprint density at radius 2 is 1.63 bits per heavy atom. The quantitative estimate of drug-likeness (QED) is 0.740. The molecule has 0 aliphatic rings. The number of rotatable bonds is 1. The van der Waals surface area contributed by atoms with Crippen molar-refractivity contribution < 1.29 is 0 Å². The van der Waals surface area contributed by atoms with Crippen LogP contribution >= 0.6 is 15.9 Å². The zero-order valence-corrected chi connectivity index (χ0v) is 14.1. The van der Waals surface area contributed by atoms with Gasteiger partial charge in [-0.2, -0.15) is 0 Å². The number of halogens is 1. The third-order valence-electron chi connectivity index (χ3n) is 3.50. The molecule has 0 fully saturated rings. The van der Waals surface area contributed by atoms with Gasteiger partial charge in [0.05, 0.1) is 6.33 Å². The fourth-order valence-corrected chi connectivity index (χ4v) is 2.75. The zero-order valence-electron chi connectivity index (χ0n) is 12.5. The molecule has 0 spiro atoms. The van der Waals surface area contributed by atoms with E-state index in [-0.39, 0.29) is 5.41 Å². The number of hydrogen-bond donors (Lipinski definition) is 0. The van der Waals surface area contributed by atoms with E-state index in [1.807, 2.05) is 17.9 Å². The van der Waals surface area contributed by atoms with Gasteiger partial charge in [0.25, 0.3) is 0 Å². The van der Waals surface area contributed by atoms with Crippen LogP contribution in [0.15, 0.2) is 23.1 Å². The number of aryl methyl sites for hydroxylation is 3. The van der Waals surface area contributed by atoms with E-state index in [2.05, 4.69) is 67.7 Å². The molecule has 0 radical (unpaired) electrons. The summed E-state index contributed by atoms with van der Waals surface area (Å²) in [6, 6.07) is 4.56. The highest BCUT2D eigenvalue weighted by molar-refractivity contribution is 9.10. The molecule has 2 rings (SSSR count). The maximum atomic E-state index is 4.52. The summed E-state index contributed by atoms with van der Waals surface area (Å²) in [6.45, 7) is 11.1. The minimum atomic E-state index is 0.176. The van der Waals surface area contributed by atoms with Crippen LogP contribution in [-0.2, 0) is 12.5 Å². The number of benzene rings is 1. The lowest BCUT2D eigenvalue weighted by Crippen LogP contribution is -2.12. The average molecular weight is 321 g/mol. The van der Waals surface area contributed by atoms with Crippen LogP contribution in [-0.4, -0.2) is 9.55 Å². The van der Waals surface area contributed by atoms with Gasteiger partial charge in [0, 0.05) is 12.6 Å². The van der Waals surface area contributed by atoms with Gasteiger partial charge in [-0.1, -0.05) is 32.9 Å². The predicted molar refractivity (Wildman–Crippen MR) is 84.5 cm³/mol. The van der Waals surface area contributed by atoms with E-state index in [4.69, 9.17) is 0 Å². The molecular weight excluding hydrogens is 300 g/mol. The van der Waals surface area contributed by atoms with Gasteiger partial charge in [-0.05, 0) is 51.9 Å². The number of aromatic nitrogens is 2. The van der Waals surface area contributed by atoms with Crippen molar-refractivity contribution in [1.82, 2.24) is 9.55 Å². The second-order valence-electron chi connectivity index (χ2n) is 6.23. The van der Waals surface area contributed by atoms with Crippen LogP contribution in [0.2, 0.25) is 0 Å². The second kappa shape index (κ2) is 4.78. The van der Waals surface area contributed by atoms with Crippen molar-refractivity contribution in [3.63, 3.8) is 0 Å². The predicted octanol–water partition coefficient (Wildman–Crippen LogP) is 4.76. The first-order valence-electron chi connectivity index (χ1n) is 6.50. The van der Waals surface area contributed by atoms with Crippen molar-refractivity contribution in [2.75, 3.05) is 0 Å². The van der Waals surface area contributed by atoms with Crippen molar-refractivity contribution in [3.8, 4) is 11.3 Å². The summed E-state index contributed by atoms with van der Waals surface area (Å²) in [6.07, 6.45) is 1.84.